The largest absolute Gasteiger partial charge is 0.478 e. The van der Waals surface area contributed by atoms with Crippen LogP contribution in [0.3, 0.4) is 0 Å². The molecule has 108 valence electrons. The van der Waals surface area contributed by atoms with Gasteiger partial charge in [-0.05, 0) is 42.2 Å². The quantitative estimate of drug-likeness (QED) is 0.847. The topological polar surface area (TPSA) is 46.5 Å². The second-order valence-corrected chi connectivity index (χ2v) is 5.98. The molecule has 0 bridgehead atoms. The molecule has 1 aromatic carbocycles. The van der Waals surface area contributed by atoms with Gasteiger partial charge in [-0.15, -0.1) is 0 Å². The van der Waals surface area contributed by atoms with Crippen LogP contribution in [0.25, 0.3) is 6.08 Å². The lowest BCUT2D eigenvalue weighted by molar-refractivity contribution is -0.131. The van der Waals surface area contributed by atoms with E-state index in [9.17, 15) is 9.18 Å². The first-order chi connectivity index (χ1) is 9.63. The summed E-state index contributed by atoms with van der Waals surface area (Å²) in [6.45, 7) is 1.60. The molecule has 1 aliphatic heterocycles. The number of benzene rings is 1. The lowest BCUT2D eigenvalue weighted by atomic mass is 10.1. The van der Waals surface area contributed by atoms with Crippen LogP contribution in [-0.4, -0.2) is 29.5 Å². The number of carbonyl (C=O) groups is 1. The molecule has 5 heteroatoms. The van der Waals surface area contributed by atoms with Crippen molar-refractivity contribution in [2.24, 2.45) is 0 Å². The van der Waals surface area contributed by atoms with Gasteiger partial charge in [0.05, 0.1) is 0 Å². The summed E-state index contributed by atoms with van der Waals surface area (Å²) in [7, 11) is 0. The van der Waals surface area contributed by atoms with Crippen LogP contribution in [0.15, 0.2) is 24.3 Å². The van der Waals surface area contributed by atoms with E-state index < -0.39 is 5.97 Å². The third-order valence-electron chi connectivity index (χ3n) is 3.05. The number of carboxylic acid groups (broad SMARTS) is 1. The van der Waals surface area contributed by atoms with E-state index in [4.69, 9.17) is 9.84 Å². The van der Waals surface area contributed by atoms with Crippen molar-refractivity contribution in [2.45, 2.75) is 23.8 Å². The van der Waals surface area contributed by atoms with Gasteiger partial charge < -0.3 is 9.84 Å². The average molecular weight is 296 g/mol. The van der Waals surface area contributed by atoms with E-state index >= 15 is 0 Å². The zero-order chi connectivity index (χ0) is 14.4. The Morgan fingerprint density at radius 1 is 1.40 bits per heavy atom. The summed E-state index contributed by atoms with van der Waals surface area (Å²) < 4.78 is 18.8. The minimum Gasteiger partial charge on any atom is -0.478 e. The second kappa shape index (κ2) is 7.45. The highest BCUT2D eigenvalue weighted by Gasteiger charge is 2.14. The SMILES string of the molecule is O=C(O)C=Cc1cc(F)cc(CSC2CCOCC2)c1. The van der Waals surface area contributed by atoms with E-state index in [0.717, 1.165) is 43.4 Å². The molecule has 0 spiro atoms. The van der Waals surface area contributed by atoms with Crippen molar-refractivity contribution in [2.75, 3.05) is 13.2 Å². The number of ether oxygens (including phenoxy) is 1. The Hall–Kier alpha value is -1.33. The van der Waals surface area contributed by atoms with Crippen LogP contribution in [-0.2, 0) is 15.3 Å². The van der Waals surface area contributed by atoms with Crippen molar-refractivity contribution in [3.63, 3.8) is 0 Å². The fourth-order valence-electron chi connectivity index (χ4n) is 2.08. The van der Waals surface area contributed by atoms with Gasteiger partial charge in [0.15, 0.2) is 0 Å². The van der Waals surface area contributed by atoms with Crippen molar-refractivity contribution in [1.29, 1.82) is 0 Å². The van der Waals surface area contributed by atoms with Crippen LogP contribution >= 0.6 is 11.8 Å². The zero-order valence-electron chi connectivity index (χ0n) is 11.0. The third kappa shape index (κ3) is 4.98. The molecule has 0 unspecified atom stereocenters. The highest BCUT2D eigenvalue weighted by atomic mass is 32.2. The van der Waals surface area contributed by atoms with Crippen LogP contribution in [0.2, 0.25) is 0 Å². The van der Waals surface area contributed by atoms with Gasteiger partial charge >= 0.3 is 5.97 Å². The van der Waals surface area contributed by atoms with Gasteiger partial charge in [-0.2, -0.15) is 11.8 Å². The summed E-state index contributed by atoms with van der Waals surface area (Å²) in [6, 6.07) is 4.67. The van der Waals surface area contributed by atoms with E-state index in [1.165, 1.54) is 18.2 Å². The maximum atomic E-state index is 13.5. The van der Waals surface area contributed by atoms with Crippen molar-refractivity contribution < 1.29 is 19.0 Å². The summed E-state index contributed by atoms with van der Waals surface area (Å²) in [5.41, 5.74) is 1.46. The maximum Gasteiger partial charge on any atom is 0.328 e. The van der Waals surface area contributed by atoms with Gasteiger partial charge in [0.1, 0.15) is 5.82 Å². The monoisotopic (exact) mass is 296 g/mol. The van der Waals surface area contributed by atoms with Crippen LogP contribution in [0.1, 0.15) is 24.0 Å². The van der Waals surface area contributed by atoms with Crippen molar-refractivity contribution >= 4 is 23.8 Å². The Bertz CT molecular complexity index is 496. The van der Waals surface area contributed by atoms with E-state index in [1.54, 1.807) is 11.8 Å². The van der Waals surface area contributed by atoms with Crippen LogP contribution in [0.4, 0.5) is 4.39 Å². The number of carboxylic acids is 1. The Morgan fingerprint density at radius 2 is 2.15 bits per heavy atom. The third-order valence-corrected chi connectivity index (χ3v) is 4.50. The molecule has 1 aromatic rings. The summed E-state index contributed by atoms with van der Waals surface area (Å²) in [5, 5.41) is 9.15. The molecule has 0 saturated carbocycles. The second-order valence-electron chi connectivity index (χ2n) is 4.69. The van der Waals surface area contributed by atoms with Crippen LogP contribution in [0, 0.1) is 5.82 Å². The molecule has 1 saturated heterocycles. The lowest BCUT2D eigenvalue weighted by Crippen LogP contribution is -2.17. The molecule has 2 rings (SSSR count). The number of rotatable bonds is 5. The first-order valence-electron chi connectivity index (χ1n) is 6.53. The van der Waals surface area contributed by atoms with Crippen molar-refractivity contribution in [1.82, 2.24) is 0 Å². The van der Waals surface area contributed by atoms with Gasteiger partial charge in [-0.1, -0.05) is 6.07 Å². The van der Waals surface area contributed by atoms with E-state index in [0.29, 0.717) is 10.8 Å². The Labute approximate surface area is 121 Å². The number of aliphatic carboxylic acids is 1. The van der Waals surface area contributed by atoms with Gasteiger partial charge in [0.2, 0.25) is 0 Å². The predicted octanol–water partition coefficient (Wildman–Crippen LogP) is 3.34. The standard InChI is InChI=1S/C15H17FO3S/c16-13-8-11(1-2-15(17)18)7-12(9-13)10-20-14-3-5-19-6-4-14/h1-2,7-9,14H,3-6,10H2,(H,17,18). The van der Waals surface area contributed by atoms with E-state index in [2.05, 4.69) is 0 Å². The molecule has 1 aliphatic rings. The molecular weight excluding hydrogens is 279 g/mol. The highest BCUT2D eigenvalue weighted by molar-refractivity contribution is 7.99. The molecular formula is C15H17FO3S. The summed E-state index contributed by atoms with van der Waals surface area (Å²) in [4.78, 5) is 10.5. The first-order valence-corrected chi connectivity index (χ1v) is 7.58. The Kier molecular flexibility index (Phi) is 5.61. The van der Waals surface area contributed by atoms with E-state index in [-0.39, 0.29) is 5.82 Å². The Balaban J connectivity index is 1.98. The number of thioether (sulfide) groups is 1. The minimum absolute atomic E-state index is 0.333. The minimum atomic E-state index is -1.03. The summed E-state index contributed by atoms with van der Waals surface area (Å²) in [5.74, 6) is -0.636. The average Bonchev–Trinajstić information content (AvgIpc) is 2.44. The molecule has 20 heavy (non-hydrogen) atoms. The maximum absolute atomic E-state index is 13.5. The van der Waals surface area contributed by atoms with Crippen molar-refractivity contribution in [3.8, 4) is 0 Å². The fraction of sp³-hybridized carbons (Fsp3) is 0.400. The molecule has 1 fully saturated rings. The van der Waals surface area contributed by atoms with E-state index in [1.807, 2.05) is 6.07 Å². The molecule has 0 aromatic heterocycles. The molecule has 1 heterocycles. The number of hydrogen-bond acceptors (Lipinski definition) is 3. The summed E-state index contributed by atoms with van der Waals surface area (Å²) in [6.07, 6.45) is 4.50. The molecule has 0 radical (unpaired) electrons. The summed E-state index contributed by atoms with van der Waals surface area (Å²) >= 11 is 1.81. The van der Waals surface area contributed by atoms with Gasteiger partial charge in [0.25, 0.3) is 0 Å². The van der Waals surface area contributed by atoms with Crippen molar-refractivity contribution in [3.05, 3.63) is 41.2 Å². The van der Waals surface area contributed by atoms with Crippen LogP contribution < -0.4 is 0 Å². The molecule has 0 atom stereocenters. The highest BCUT2D eigenvalue weighted by Crippen LogP contribution is 2.26. The van der Waals surface area contributed by atoms with Crippen LogP contribution in [0.5, 0.6) is 0 Å². The predicted molar refractivity (Wildman–Crippen MR) is 78.2 cm³/mol. The molecule has 0 aliphatic carbocycles. The van der Waals surface area contributed by atoms with Gasteiger partial charge in [-0.3, -0.25) is 0 Å². The lowest BCUT2D eigenvalue weighted by Gasteiger charge is -2.21. The Morgan fingerprint density at radius 3 is 2.85 bits per heavy atom. The number of halogens is 1. The number of hydrogen-bond donors (Lipinski definition) is 1. The molecule has 3 nitrogen and oxygen atoms in total. The fourth-order valence-corrected chi connectivity index (χ4v) is 3.20. The molecule has 1 N–H and O–H groups in total. The first kappa shape index (κ1) is 15.1. The zero-order valence-corrected chi connectivity index (χ0v) is 11.9. The van der Waals surface area contributed by atoms with Gasteiger partial charge in [-0.25, -0.2) is 9.18 Å². The normalized spacial score (nSPS) is 16.6. The smallest absolute Gasteiger partial charge is 0.328 e. The van der Waals surface area contributed by atoms with Gasteiger partial charge in [0, 0.05) is 30.3 Å². The molecule has 0 amide bonds.